The Morgan fingerprint density at radius 3 is 2.00 bits per heavy atom. The summed E-state index contributed by atoms with van der Waals surface area (Å²) in [4.78, 5) is 52.4. The Bertz CT molecular complexity index is 1200. The normalized spacial score (nSPS) is 12.5. The summed E-state index contributed by atoms with van der Waals surface area (Å²) in [7, 11) is 1.50. The first-order chi connectivity index (χ1) is 15.4. The van der Waals surface area contributed by atoms with Crippen LogP contribution in [-0.2, 0) is 0 Å². The molecule has 0 fully saturated rings. The third-order valence-electron chi connectivity index (χ3n) is 5.06. The fourth-order valence-electron chi connectivity index (χ4n) is 3.41. The number of fused-ring (bicyclic) bond motifs is 1. The van der Waals surface area contributed by atoms with E-state index in [9.17, 15) is 19.2 Å². The van der Waals surface area contributed by atoms with Gasteiger partial charge in [-0.25, -0.2) is 5.01 Å². The van der Waals surface area contributed by atoms with Crippen LogP contribution in [0.5, 0.6) is 5.75 Å². The smallest absolute Gasteiger partial charge is 0.280 e. The van der Waals surface area contributed by atoms with Crippen molar-refractivity contribution in [3.05, 3.63) is 100 Å². The van der Waals surface area contributed by atoms with Gasteiger partial charge in [0.15, 0.2) is 5.78 Å². The molecule has 160 valence electrons. The number of carbonyl (C=O) groups excluding carboxylic acids is 4. The number of carbonyl (C=O) groups is 4. The molecule has 0 radical (unpaired) electrons. The van der Waals surface area contributed by atoms with Crippen molar-refractivity contribution < 1.29 is 23.9 Å². The average Bonchev–Trinajstić information content (AvgIpc) is 3.07. The van der Waals surface area contributed by atoms with Crippen molar-refractivity contribution in [3.8, 4) is 5.75 Å². The molecule has 32 heavy (non-hydrogen) atoms. The highest BCUT2D eigenvalue weighted by Gasteiger charge is 2.42. The number of methoxy groups -OCH3 is 1. The van der Waals surface area contributed by atoms with E-state index in [2.05, 4.69) is 0 Å². The Kier molecular flexibility index (Phi) is 5.75. The van der Waals surface area contributed by atoms with E-state index >= 15 is 0 Å². The summed E-state index contributed by atoms with van der Waals surface area (Å²) in [6.07, 6.45) is 0. The number of ketones is 1. The van der Waals surface area contributed by atoms with Crippen LogP contribution in [0, 0.1) is 0 Å². The first-order valence-corrected chi connectivity index (χ1v) is 10.0. The number of rotatable bonds is 6. The second-order valence-electron chi connectivity index (χ2n) is 6.96. The highest BCUT2D eigenvalue weighted by atomic mass is 35.5. The van der Waals surface area contributed by atoms with E-state index in [0.29, 0.717) is 16.3 Å². The summed E-state index contributed by atoms with van der Waals surface area (Å²) in [5.74, 6) is -2.02. The maximum atomic E-state index is 13.4. The van der Waals surface area contributed by atoms with Gasteiger partial charge in [0.05, 0.1) is 28.8 Å². The van der Waals surface area contributed by atoms with Crippen molar-refractivity contribution in [2.75, 3.05) is 13.7 Å². The molecule has 0 saturated heterocycles. The zero-order valence-corrected chi connectivity index (χ0v) is 17.7. The van der Waals surface area contributed by atoms with Crippen LogP contribution < -0.4 is 4.74 Å². The molecule has 0 aromatic heterocycles. The molecule has 3 aromatic carbocycles. The molecule has 0 bridgehead atoms. The van der Waals surface area contributed by atoms with Crippen molar-refractivity contribution in [3.63, 3.8) is 0 Å². The predicted molar refractivity (Wildman–Crippen MR) is 117 cm³/mol. The molecule has 8 heteroatoms. The van der Waals surface area contributed by atoms with Crippen molar-refractivity contribution in [1.82, 2.24) is 10.0 Å². The fraction of sp³-hybridized carbons (Fsp3) is 0.0833. The zero-order chi connectivity index (χ0) is 22.8. The number of nitrogens with zero attached hydrogens (tertiary/aromatic N) is 2. The number of hydrazine groups is 1. The average molecular weight is 449 g/mol. The van der Waals surface area contributed by atoms with Gasteiger partial charge in [-0.15, -0.1) is 0 Å². The van der Waals surface area contributed by atoms with E-state index in [4.69, 9.17) is 16.3 Å². The van der Waals surface area contributed by atoms with Gasteiger partial charge in [0.2, 0.25) is 0 Å². The van der Waals surface area contributed by atoms with Crippen LogP contribution in [0.2, 0.25) is 5.02 Å². The molecule has 3 aromatic rings. The second kappa shape index (κ2) is 8.64. The van der Waals surface area contributed by atoms with Crippen molar-refractivity contribution >= 4 is 35.1 Å². The van der Waals surface area contributed by atoms with Gasteiger partial charge in [-0.05, 0) is 48.5 Å². The largest absolute Gasteiger partial charge is 0.497 e. The molecule has 1 aliphatic heterocycles. The molecular weight excluding hydrogens is 432 g/mol. The fourth-order valence-corrected chi connectivity index (χ4v) is 3.62. The van der Waals surface area contributed by atoms with Crippen LogP contribution in [0.3, 0.4) is 0 Å². The minimum atomic E-state index is -0.744. The topological polar surface area (TPSA) is 84.0 Å². The Labute approximate surface area is 188 Å². The first kappa shape index (κ1) is 21.3. The van der Waals surface area contributed by atoms with Gasteiger partial charge in [0.1, 0.15) is 12.3 Å². The van der Waals surface area contributed by atoms with Gasteiger partial charge in [-0.1, -0.05) is 35.9 Å². The molecular formula is C24H17ClN2O5. The monoisotopic (exact) mass is 448 g/mol. The van der Waals surface area contributed by atoms with Crippen LogP contribution in [0.1, 0.15) is 41.4 Å². The second-order valence-corrected chi connectivity index (χ2v) is 7.37. The quantitative estimate of drug-likeness (QED) is 0.422. The lowest BCUT2D eigenvalue weighted by Gasteiger charge is -2.29. The summed E-state index contributed by atoms with van der Waals surface area (Å²) in [5, 5.41) is 1.69. The molecule has 4 rings (SSSR count). The molecule has 0 aliphatic carbocycles. The highest BCUT2D eigenvalue weighted by molar-refractivity contribution is 6.34. The Balaban J connectivity index is 1.73. The Morgan fingerprint density at radius 2 is 1.44 bits per heavy atom. The van der Waals surface area contributed by atoms with Gasteiger partial charge < -0.3 is 4.74 Å². The number of hydrogen-bond acceptors (Lipinski definition) is 5. The lowest BCUT2D eigenvalue weighted by molar-refractivity contribution is 0.00532. The summed E-state index contributed by atoms with van der Waals surface area (Å²) in [5.41, 5.74) is 0.672. The van der Waals surface area contributed by atoms with Crippen molar-refractivity contribution in [2.45, 2.75) is 0 Å². The van der Waals surface area contributed by atoms with Crippen LogP contribution in [0.25, 0.3) is 0 Å². The highest BCUT2D eigenvalue weighted by Crippen LogP contribution is 2.27. The van der Waals surface area contributed by atoms with Crippen LogP contribution in [0.15, 0.2) is 72.8 Å². The van der Waals surface area contributed by atoms with Crippen LogP contribution in [0.4, 0.5) is 0 Å². The molecule has 7 nitrogen and oxygen atoms in total. The maximum Gasteiger partial charge on any atom is 0.280 e. The lowest BCUT2D eigenvalue weighted by Crippen LogP contribution is -2.51. The summed E-state index contributed by atoms with van der Waals surface area (Å²) < 4.78 is 5.10. The number of imide groups is 1. The number of amides is 3. The standard InChI is InChI=1S/C24H17ClN2O5/c1-32-16-12-10-15(11-13-16)21(28)14-26(22(29)19-8-4-5-9-20(19)25)27-23(30)17-6-2-3-7-18(17)24(27)31/h2-13H,14H2,1H3. The van der Waals surface area contributed by atoms with E-state index in [1.54, 1.807) is 48.5 Å². The lowest BCUT2D eigenvalue weighted by atomic mass is 10.1. The van der Waals surface area contributed by atoms with E-state index in [0.717, 1.165) is 5.01 Å². The Hall–Kier alpha value is -3.97. The molecule has 3 amide bonds. The number of benzene rings is 3. The van der Waals surface area contributed by atoms with Gasteiger partial charge in [-0.2, -0.15) is 5.01 Å². The van der Waals surface area contributed by atoms with Crippen LogP contribution >= 0.6 is 11.6 Å². The number of ether oxygens (including phenoxy) is 1. The molecule has 0 saturated carbocycles. The minimum absolute atomic E-state index is 0.0632. The first-order valence-electron chi connectivity index (χ1n) is 9.63. The summed E-state index contributed by atoms with van der Waals surface area (Å²) in [6, 6.07) is 18.8. The molecule has 1 aliphatic rings. The molecule has 1 heterocycles. The molecule has 0 atom stereocenters. The minimum Gasteiger partial charge on any atom is -0.497 e. The van der Waals surface area contributed by atoms with Crippen molar-refractivity contribution in [2.24, 2.45) is 0 Å². The van der Waals surface area contributed by atoms with Gasteiger partial charge in [0.25, 0.3) is 17.7 Å². The summed E-state index contributed by atoms with van der Waals surface area (Å²) >= 11 is 6.18. The Morgan fingerprint density at radius 1 is 0.875 bits per heavy atom. The van der Waals surface area contributed by atoms with Gasteiger partial charge in [-0.3, -0.25) is 19.2 Å². The SMILES string of the molecule is COc1ccc(C(=O)CN(C(=O)c2ccccc2Cl)N2C(=O)c3ccccc3C2=O)cc1. The molecule has 0 N–H and O–H groups in total. The van der Waals surface area contributed by atoms with E-state index in [1.165, 1.54) is 31.4 Å². The van der Waals surface area contributed by atoms with Crippen molar-refractivity contribution in [1.29, 1.82) is 0 Å². The molecule has 0 unspecified atom stereocenters. The number of Topliss-reactive ketones (excluding diaryl/α,β-unsaturated/α-hetero) is 1. The van der Waals surface area contributed by atoms with E-state index in [-0.39, 0.29) is 21.7 Å². The maximum absolute atomic E-state index is 13.4. The number of halogens is 1. The zero-order valence-electron chi connectivity index (χ0n) is 16.9. The van der Waals surface area contributed by atoms with Gasteiger partial charge in [0, 0.05) is 5.56 Å². The van der Waals surface area contributed by atoms with Crippen LogP contribution in [-0.4, -0.2) is 47.2 Å². The van der Waals surface area contributed by atoms with E-state index < -0.39 is 30.0 Å². The third kappa shape index (κ3) is 3.74. The summed E-state index contributed by atoms with van der Waals surface area (Å²) in [6.45, 7) is -0.540. The van der Waals surface area contributed by atoms with Gasteiger partial charge >= 0.3 is 0 Å². The number of hydrogen-bond donors (Lipinski definition) is 0. The van der Waals surface area contributed by atoms with E-state index in [1.807, 2.05) is 0 Å². The predicted octanol–water partition coefficient (Wildman–Crippen LogP) is 3.88. The third-order valence-corrected chi connectivity index (χ3v) is 5.39. The molecule has 0 spiro atoms.